The molecule has 0 aliphatic rings. The van der Waals surface area contributed by atoms with Gasteiger partial charge in [-0.1, -0.05) is 32.0 Å². The lowest BCUT2D eigenvalue weighted by Gasteiger charge is -2.23. The highest BCUT2D eigenvalue weighted by Gasteiger charge is 2.32. The molecule has 0 spiro atoms. The fourth-order valence-corrected chi connectivity index (χ4v) is 1.84. The lowest BCUT2D eigenvalue weighted by atomic mass is 9.93. The summed E-state index contributed by atoms with van der Waals surface area (Å²) in [6.07, 6.45) is -4.66. The monoisotopic (exact) mass is 261 g/mol. The van der Waals surface area contributed by atoms with Crippen LogP contribution in [0.25, 0.3) is 0 Å². The summed E-state index contributed by atoms with van der Waals surface area (Å²) < 4.78 is 40.9. The zero-order chi connectivity index (χ0) is 13.8. The highest BCUT2D eigenvalue weighted by atomic mass is 19.4. The number of rotatable bonds is 5. The Labute approximate surface area is 105 Å². The summed E-state index contributed by atoms with van der Waals surface area (Å²) in [7, 11) is 0. The van der Waals surface area contributed by atoms with Crippen LogP contribution in [0.2, 0.25) is 0 Å². The Balaban J connectivity index is 2.94. The van der Waals surface area contributed by atoms with Gasteiger partial charge in [0.25, 0.3) is 0 Å². The zero-order valence-electron chi connectivity index (χ0n) is 10.7. The van der Waals surface area contributed by atoms with E-state index in [1.54, 1.807) is 12.1 Å². The summed E-state index contributed by atoms with van der Waals surface area (Å²) in [5.74, 6) is -0.189. The molecular formula is C13H18F3NO. The van der Waals surface area contributed by atoms with E-state index in [4.69, 9.17) is 0 Å². The van der Waals surface area contributed by atoms with Crippen molar-refractivity contribution in [3.05, 3.63) is 29.8 Å². The second-order valence-corrected chi connectivity index (χ2v) is 4.22. The molecule has 0 bridgehead atoms. The van der Waals surface area contributed by atoms with E-state index in [1.165, 1.54) is 12.1 Å². The Morgan fingerprint density at radius 3 is 2.39 bits per heavy atom. The Morgan fingerprint density at radius 2 is 1.83 bits per heavy atom. The number of halogens is 3. The Hall–Kier alpha value is -1.23. The third kappa shape index (κ3) is 4.22. The maximum atomic E-state index is 12.3. The Morgan fingerprint density at radius 1 is 1.22 bits per heavy atom. The Bertz CT molecular complexity index is 379. The van der Waals surface area contributed by atoms with Crippen molar-refractivity contribution >= 4 is 0 Å². The van der Waals surface area contributed by atoms with Crippen LogP contribution < -0.4 is 10.1 Å². The number of benzene rings is 1. The number of para-hydroxylation sites is 1. The third-order valence-corrected chi connectivity index (χ3v) is 2.91. The predicted octanol–water partition coefficient (Wildman–Crippen LogP) is 3.69. The molecule has 0 saturated heterocycles. The summed E-state index contributed by atoms with van der Waals surface area (Å²) >= 11 is 0. The molecule has 2 atom stereocenters. The largest absolute Gasteiger partial charge is 0.573 e. The van der Waals surface area contributed by atoms with Gasteiger partial charge in [-0.15, -0.1) is 13.2 Å². The van der Waals surface area contributed by atoms with Crippen molar-refractivity contribution in [2.75, 3.05) is 6.54 Å². The molecule has 5 heteroatoms. The minimum Gasteiger partial charge on any atom is -0.405 e. The van der Waals surface area contributed by atoms with Gasteiger partial charge in [-0.25, -0.2) is 0 Å². The van der Waals surface area contributed by atoms with E-state index < -0.39 is 6.36 Å². The molecule has 2 nitrogen and oxygen atoms in total. The van der Waals surface area contributed by atoms with Crippen LogP contribution in [0.5, 0.6) is 5.75 Å². The first-order valence-electron chi connectivity index (χ1n) is 5.93. The Kier molecular flexibility index (Phi) is 5.02. The molecular weight excluding hydrogens is 243 g/mol. The van der Waals surface area contributed by atoms with Gasteiger partial charge in [-0.05, 0) is 31.0 Å². The van der Waals surface area contributed by atoms with E-state index in [9.17, 15) is 13.2 Å². The first-order chi connectivity index (χ1) is 8.35. The molecule has 2 unspecified atom stereocenters. The predicted molar refractivity (Wildman–Crippen MR) is 64.7 cm³/mol. The van der Waals surface area contributed by atoms with Crippen molar-refractivity contribution in [2.45, 2.75) is 39.1 Å². The zero-order valence-corrected chi connectivity index (χ0v) is 10.7. The first kappa shape index (κ1) is 14.8. The summed E-state index contributed by atoms with van der Waals surface area (Å²) in [6, 6.07) is 6.34. The number of likely N-dealkylation sites (N-methyl/N-ethyl adjacent to an activating group) is 1. The molecule has 0 heterocycles. The lowest BCUT2D eigenvalue weighted by Crippen LogP contribution is -2.31. The highest BCUT2D eigenvalue weighted by molar-refractivity contribution is 5.36. The molecule has 0 saturated carbocycles. The SMILES string of the molecule is CCNC(C)C(C)c1ccccc1OC(F)(F)F. The summed E-state index contributed by atoms with van der Waals surface area (Å²) in [5.41, 5.74) is 0.559. The van der Waals surface area contributed by atoms with Gasteiger partial charge in [-0.2, -0.15) is 0 Å². The van der Waals surface area contributed by atoms with Gasteiger partial charge in [0.15, 0.2) is 0 Å². The molecule has 1 aromatic carbocycles. The fraction of sp³-hybridized carbons (Fsp3) is 0.538. The number of hydrogen-bond acceptors (Lipinski definition) is 2. The van der Waals surface area contributed by atoms with E-state index in [-0.39, 0.29) is 17.7 Å². The van der Waals surface area contributed by atoms with Crippen LogP contribution in [-0.4, -0.2) is 18.9 Å². The molecule has 0 fully saturated rings. The van der Waals surface area contributed by atoms with Crippen molar-refractivity contribution in [1.29, 1.82) is 0 Å². The van der Waals surface area contributed by atoms with Crippen LogP contribution in [0.1, 0.15) is 32.3 Å². The molecule has 1 rings (SSSR count). The molecule has 0 radical (unpaired) electrons. The molecule has 1 N–H and O–H groups in total. The van der Waals surface area contributed by atoms with Gasteiger partial charge in [0.2, 0.25) is 0 Å². The minimum atomic E-state index is -4.66. The van der Waals surface area contributed by atoms with E-state index in [2.05, 4.69) is 10.1 Å². The minimum absolute atomic E-state index is 0.0662. The second-order valence-electron chi connectivity index (χ2n) is 4.22. The highest BCUT2D eigenvalue weighted by Crippen LogP contribution is 2.32. The summed E-state index contributed by atoms with van der Waals surface area (Å²) in [4.78, 5) is 0. The molecule has 0 amide bonds. The first-order valence-corrected chi connectivity index (χ1v) is 5.93. The molecule has 102 valence electrons. The van der Waals surface area contributed by atoms with Gasteiger partial charge >= 0.3 is 6.36 Å². The van der Waals surface area contributed by atoms with Crippen LogP contribution in [0.3, 0.4) is 0 Å². The second kappa shape index (κ2) is 6.09. The van der Waals surface area contributed by atoms with Gasteiger partial charge < -0.3 is 10.1 Å². The lowest BCUT2D eigenvalue weighted by molar-refractivity contribution is -0.275. The van der Waals surface area contributed by atoms with E-state index >= 15 is 0 Å². The van der Waals surface area contributed by atoms with E-state index in [1.807, 2.05) is 20.8 Å². The average Bonchev–Trinajstić information content (AvgIpc) is 2.27. The molecule has 1 aromatic rings. The van der Waals surface area contributed by atoms with E-state index in [0.29, 0.717) is 5.56 Å². The molecule has 0 aromatic heterocycles. The topological polar surface area (TPSA) is 21.3 Å². The van der Waals surface area contributed by atoms with Gasteiger partial charge in [-0.3, -0.25) is 0 Å². The van der Waals surface area contributed by atoms with Crippen LogP contribution in [-0.2, 0) is 0 Å². The van der Waals surface area contributed by atoms with Crippen molar-refractivity contribution < 1.29 is 17.9 Å². The maximum absolute atomic E-state index is 12.3. The van der Waals surface area contributed by atoms with Crippen LogP contribution in [0.4, 0.5) is 13.2 Å². The molecule has 0 aliphatic heterocycles. The maximum Gasteiger partial charge on any atom is 0.573 e. The smallest absolute Gasteiger partial charge is 0.405 e. The van der Waals surface area contributed by atoms with Gasteiger partial charge in [0.05, 0.1) is 0 Å². The van der Waals surface area contributed by atoms with Crippen molar-refractivity contribution in [3.63, 3.8) is 0 Å². The average molecular weight is 261 g/mol. The third-order valence-electron chi connectivity index (χ3n) is 2.91. The van der Waals surface area contributed by atoms with Crippen LogP contribution in [0, 0.1) is 0 Å². The van der Waals surface area contributed by atoms with Crippen molar-refractivity contribution in [2.24, 2.45) is 0 Å². The number of nitrogens with one attached hydrogen (secondary N) is 1. The quantitative estimate of drug-likeness (QED) is 0.872. The van der Waals surface area contributed by atoms with E-state index in [0.717, 1.165) is 6.54 Å². The van der Waals surface area contributed by atoms with Crippen LogP contribution in [0.15, 0.2) is 24.3 Å². The fourth-order valence-electron chi connectivity index (χ4n) is 1.84. The number of ether oxygens (including phenoxy) is 1. The van der Waals surface area contributed by atoms with Crippen molar-refractivity contribution in [3.8, 4) is 5.75 Å². The summed E-state index contributed by atoms with van der Waals surface area (Å²) in [6.45, 7) is 6.56. The normalized spacial score (nSPS) is 15.2. The molecule has 18 heavy (non-hydrogen) atoms. The summed E-state index contributed by atoms with van der Waals surface area (Å²) in [5, 5.41) is 3.20. The number of hydrogen-bond donors (Lipinski definition) is 1. The van der Waals surface area contributed by atoms with Gasteiger partial charge in [0, 0.05) is 6.04 Å². The van der Waals surface area contributed by atoms with Gasteiger partial charge in [0.1, 0.15) is 5.75 Å². The number of alkyl halides is 3. The standard InChI is InChI=1S/C13H18F3NO/c1-4-17-10(3)9(2)11-7-5-6-8-12(11)18-13(14,15)16/h5-10,17H,4H2,1-3H3. The van der Waals surface area contributed by atoms with Crippen molar-refractivity contribution in [1.82, 2.24) is 5.32 Å². The van der Waals surface area contributed by atoms with Crippen LogP contribution >= 0.6 is 0 Å². The molecule has 0 aliphatic carbocycles.